The molecular formula is C12H14INO6S. The summed E-state index contributed by atoms with van der Waals surface area (Å²) in [5, 5.41) is 9.02. The van der Waals surface area contributed by atoms with Crippen LogP contribution in [-0.4, -0.2) is 38.1 Å². The van der Waals surface area contributed by atoms with E-state index in [9.17, 15) is 18.0 Å². The van der Waals surface area contributed by atoms with Gasteiger partial charge in [0.25, 0.3) is 0 Å². The van der Waals surface area contributed by atoms with Crippen LogP contribution in [0.2, 0.25) is 0 Å². The number of halogens is 1. The molecule has 0 spiro atoms. The normalized spacial score (nSPS) is 12.0. The molecule has 0 radical (unpaired) electrons. The van der Waals surface area contributed by atoms with Crippen LogP contribution in [0.15, 0.2) is 23.1 Å². The van der Waals surface area contributed by atoms with Crippen LogP contribution in [0.4, 0.5) is 0 Å². The molecule has 0 aromatic heterocycles. The number of aromatic carboxylic acids is 1. The Morgan fingerprint density at radius 3 is 2.38 bits per heavy atom. The maximum Gasteiger partial charge on any atom is 0.336 e. The van der Waals surface area contributed by atoms with Crippen molar-refractivity contribution in [3.8, 4) is 0 Å². The number of sulfonamides is 1. The zero-order valence-corrected chi connectivity index (χ0v) is 14.5. The fourth-order valence-electron chi connectivity index (χ4n) is 1.53. The first-order valence-corrected chi connectivity index (χ1v) is 8.22. The Morgan fingerprint density at radius 2 is 1.90 bits per heavy atom. The molecule has 116 valence electrons. The van der Waals surface area contributed by atoms with Gasteiger partial charge >= 0.3 is 11.9 Å². The lowest BCUT2D eigenvalue weighted by Crippen LogP contribution is -2.50. The van der Waals surface area contributed by atoms with Crippen molar-refractivity contribution in [1.29, 1.82) is 0 Å². The summed E-state index contributed by atoms with van der Waals surface area (Å²) in [6, 6.07) is 3.69. The van der Waals surface area contributed by atoms with Crippen molar-refractivity contribution in [1.82, 2.24) is 4.72 Å². The Morgan fingerprint density at radius 1 is 1.33 bits per heavy atom. The van der Waals surface area contributed by atoms with Crippen molar-refractivity contribution in [2.45, 2.75) is 24.3 Å². The van der Waals surface area contributed by atoms with E-state index < -0.39 is 27.5 Å². The molecule has 1 rings (SSSR count). The van der Waals surface area contributed by atoms with Crippen LogP contribution in [0.25, 0.3) is 0 Å². The number of nitrogens with one attached hydrogen (secondary N) is 1. The second-order valence-corrected chi connectivity index (χ2v) is 7.51. The number of benzene rings is 1. The predicted molar refractivity (Wildman–Crippen MR) is 82.5 cm³/mol. The van der Waals surface area contributed by atoms with Crippen LogP contribution < -0.4 is 4.72 Å². The minimum atomic E-state index is -4.06. The van der Waals surface area contributed by atoms with Gasteiger partial charge in [0, 0.05) is 3.57 Å². The van der Waals surface area contributed by atoms with Gasteiger partial charge in [0.15, 0.2) is 0 Å². The number of carbonyl (C=O) groups excluding carboxylic acids is 1. The highest BCUT2D eigenvalue weighted by atomic mass is 127. The van der Waals surface area contributed by atoms with Crippen molar-refractivity contribution in [3.63, 3.8) is 0 Å². The number of rotatable bonds is 5. The summed E-state index contributed by atoms with van der Waals surface area (Å²) in [4.78, 5) is 22.3. The molecule has 0 aliphatic rings. The summed E-state index contributed by atoms with van der Waals surface area (Å²) < 4.78 is 31.6. The van der Waals surface area contributed by atoms with Gasteiger partial charge < -0.3 is 9.84 Å². The Hall–Kier alpha value is -1.20. The monoisotopic (exact) mass is 427 g/mol. The van der Waals surface area contributed by atoms with Crippen LogP contribution in [0.5, 0.6) is 0 Å². The van der Waals surface area contributed by atoms with Gasteiger partial charge in [0.05, 0.1) is 17.6 Å². The molecule has 0 bridgehead atoms. The second kappa shape index (κ2) is 6.28. The van der Waals surface area contributed by atoms with Gasteiger partial charge in [0.2, 0.25) is 10.0 Å². The third-order valence-corrected chi connectivity index (χ3v) is 5.16. The Bertz CT molecular complexity index is 683. The average Bonchev–Trinajstić information content (AvgIpc) is 2.36. The third-order valence-electron chi connectivity index (χ3n) is 2.56. The standard InChI is InChI=1S/C12H14INO6S/c1-12(2,11(17)20-3)14-21(18,19)7-4-5-9(13)8(6-7)10(15)16/h4-6,14H,1-3H3,(H,15,16). The molecule has 0 fully saturated rings. The Balaban J connectivity index is 3.24. The zero-order valence-electron chi connectivity index (χ0n) is 11.5. The largest absolute Gasteiger partial charge is 0.478 e. The number of carboxylic acids is 1. The topological polar surface area (TPSA) is 110 Å². The molecule has 1 aromatic carbocycles. The third kappa shape index (κ3) is 4.14. The zero-order chi connectivity index (χ0) is 16.4. The quantitative estimate of drug-likeness (QED) is 0.540. The molecule has 0 saturated carbocycles. The number of hydrogen-bond acceptors (Lipinski definition) is 5. The lowest BCUT2D eigenvalue weighted by molar-refractivity contribution is -0.146. The number of ether oxygens (including phenoxy) is 1. The van der Waals surface area contributed by atoms with Gasteiger partial charge in [0.1, 0.15) is 5.54 Å². The number of methoxy groups -OCH3 is 1. The number of hydrogen-bond donors (Lipinski definition) is 2. The van der Waals surface area contributed by atoms with E-state index in [0.717, 1.165) is 13.2 Å². The van der Waals surface area contributed by atoms with E-state index in [1.807, 2.05) is 0 Å². The first-order chi connectivity index (χ1) is 9.51. The predicted octanol–water partition coefficient (Wildman–Crippen LogP) is 1.22. The van der Waals surface area contributed by atoms with E-state index >= 15 is 0 Å². The highest BCUT2D eigenvalue weighted by molar-refractivity contribution is 14.1. The van der Waals surface area contributed by atoms with E-state index in [4.69, 9.17) is 5.11 Å². The van der Waals surface area contributed by atoms with E-state index in [1.165, 1.54) is 26.0 Å². The average molecular weight is 427 g/mol. The van der Waals surface area contributed by atoms with Gasteiger partial charge in [-0.15, -0.1) is 0 Å². The van der Waals surface area contributed by atoms with Crippen LogP contribution in [0.1, 0.15) is 24.2 Å². The molecule has 0 heterocycles. The van der Waals surface area contributed by atoms with E-state index in [-0.39, 0.29) is 10.5 Å². The van der Waals surface area contributed by atoms with Crippen LogP contribution in [0.3, 0.4) is 0 Å². The molecule has 9 heteroatoms. The number of carboxylic acid groups (broad SMARTS) is 1. The number of esters is 1. The van der Waals surface area contributed by atoms with Crippen molar-refractivity contribution in [2.75, 3.05) is 7.11 Å². The van der Waals surface area contributed by atoms with Gasteiger partial charge in [-0.25, -0.2) is 13.2 Å². The molecule has 2 N–H and O–H groups in total. The first kappa shape index (κ1) is 17.9. The fraction of sp³-hybridized carbons (Fsp3) is 0.333. The highest BCUT2D eigenvalue weighted by Gasteiger charge is 2.34. The molecule has 0 amide bonds. The molecule has 21 heavy (non-hydrogen) atoms. The lowest BCUT2D eigenvalue weighted by atomic mass is 10.1. The van der Waals surface area contributed by atoms with Gasteiger partial charge in [-0.1, -0.05) is 0 Å². The molecule has 7 nitrogen and oxygen atoms in total. The SMILES string of the molecule is COC(=O)C(C)(C)NS(=O)(=O)c1ccc(I)c(C(=O)O)c1. The van der Waals surface area contributed by atoms with Crippen molar-refractivity contribution < 1.29 is 27.9 Å². The van der Waals surface area contributed by atoms with Gasteiger partial charge in [-0.2, -0.15) is 4.72 Å². The summed E-state index contributed by atoms with van der Waals surface area (Å²) in [5.41, 5.74) is -1.60. The molecule has 0 aliphatic carbocycles. The second-order valence-electron chi connectivity index (χ2n) is 4.67. The fourth-order valence-corrected chi connectivity index (χ4v) is 3.49. The smallest absolute Gasteiger partial charge is 0.336 e. The van der Waals surface area contributed by atoms with E-state index in [2.05, 4.69) is 9.46 Å². The van der Waals surface area contributed by atoms with Crippen LogP contribution in [-0.2, 0) is 19.6 Å². The van der Waals surface area contributed by atoms with Crippen molar-refractivity contribution in [3.05, 3.63) is 27.3 Å². The van der Waals surface area contributed by atoms with Crippen LogP contribution in [0, 0.1) is 3.57 Å². The minimum Gasteiger partial charge on any atom is -0.478 e. The van der Waals surface area contributed by atoms with Gasteiger partial charge in [-0.05, 0) is 54.6 Å². The highest BCUT2D eigenvalue weighted by Crippen LogP contribution is 2.20. The molecular weight excluding hydrogens is 413 g/mol. The first-order valence-electron chi connectivity index (χ1n) is 5.66. The van der Waals surface area contributed by atoms with E-state index in [0.29, 0.717) is 3.57 Å². The van der Waals surface area contributed by atoms with Crippen molar-refractivity contribution in [2.24, 2.45) is 0 Å². The molecule has 0 aliphatic heterocycles. The van der Waals surface area contributed by atoms with Crippen LogP contribution >= 0.6 is 22.6 Å². The van der Waals surface area contributed by atoms with E-state index in [1.54, 1.807) is 22.6 Å². The maximum atomic E-state index is 12.2. The molecule has 1 aromatic rings. The Kier molecular flexibility index (Phi) is 5.34. The van der Waals surface area contributed by atoms with Gasteiger partial charge in [-0.3, -0.25) is 4.79 Å². The summed E-state index contributed by atoms with van der Waals surface area (Å²) >= 11 is 1.80. The summed E-state index contributed by atoms with van der Waals surface area (Å²) in [5.74, 6) is -1.99. The number of carbonyl (C=O) groups is 2. The summed E-state index contributed by atoms with van der Waals surface area (Å²) in [6.45, 7) is 2.70. The molecule has 0 saturated heterocycles. The summed E-state index contributed by atoms with van der Waals surface area (Å²) in [7, 11) is -2.92. The Labute approximate surface area is 135 Å². The molecule has 0 atom stereocenters. The molecule has 0 unspecified atom stereocenters. The van der Waals surface area contributed by atoms with Crippen molar-refractivity contribution >= 4 is 44.6 Å². The lowest BCUT2D eigenvalue weighted by Gasteiger charge is -2.23. The minimum absolute atomic E-state index is 0.130. The summed E-state index contributed by atoms with van der Waals surface area (Å²) in [6.07, 6.45) is 0. The maximum absolute atomic E-state index is 12.2.